The fourth-order valence-corrected chi connectivity index (χ4v) is 2.90. The summed E-state index contributed by atoms with van der Waals surface area (Å²) in [5, 5.41) is 7.09. The van der Waals surface area contributed by atoms with Crippen LogP contribution in [0.1, 0.15) is 35.7 Å². The second-order valence-corrected chi connectivity index (χ2v) is 6.03. The number of amides is 1. The Balaban J connectivity index is 1.55. The van der Waals surface area contributed by atoms with Gasteiger partial charge in [-0.3, -0.25) is 4.79 Å². The maximum absolute atomic E-state index is 13.0. The molecular weight excluding hydrogens is 309 g/mol. The van der Waals surface area contributed by atoms with Crippen molar-refractivity contribution in [2.45, 2.75) is 26.2 Å². The lowest BCUT2D eigenvalue weighted by Crippen LogP contribution is -2.29. The van der Waals surface area contributed by atoms with Crippen molar-refractivity contribution in [2.24, 2.45) is 0 Å². The van der Waals surface area contributed by atoms with Crippen LogP contribution in [-0.2, 0) is 0 Å². The SMILES string of the molecule is Cc1nc(C(=O)NCCCN2CCCC2)nn1-c1ccc(F)cc1. The van der Waals surface area contributed by atoms with Gasteiger partial charge in [0, 0.05) is 6.54 Å². The molecule has 1 amide bonds. The maximum atomic E-state index is 13.0. The fourth-order valence-electron chi connectivity index (χ4n) is 2.90. The number of hydrogen-bond donors (Lipinski definition) is 1. The highest BCUT2D eigenvalue weighted by molar-refractivity contribution is 5.90. The van der Waals surface area contributed by atoms with Gasteiger partial charge in [0.05, 0.1) is 5.69 Å². The highest BCUT2D eigenvalue weighted by Crippen LogP contribution is 2.11. The van der Waals surface area contributed by atoms with Crippen molar-refractivity contribution in [3.8, 4) is 5.69 Å². The van der Waals surface area contributed by atoms with Gasteiger partial charge in [-0.15, -0.1) is 5.10 Å². The molecule has 1 aromatic carbocycles. The third-order valence-corrected chi connectivity index (χ3v) is 4.18. The molecule has 0 bridgehead atoms. The molecular formula is C17H22FN5O. The Morgan fingerprint density at radius 1 is 1.25 bits per heavy atom. The molecule has 0 atom stereocenters. The van der Waals surface area contributed by atoms with Gasteiger partial charge in [-0.2, -0.15) is 0 Å². The standard InChI is InChI=1S/C17H22FN5O/c1-13-20-16(21-23(13)15-7-5-14(18)6-8-15)17(24)19-9-4-12-22-10-2-3-11-22/h5-8H,2-4,9-12H2,1H3,(H,19,24). The number of nitrogens with zero attached hydrogens (tertiary/aromatic N) is 4. The molecule has 2 heterocycles. The number of carbonyl (C=O) groups is 1. The molecule has 0 radical (unpaired) electrons. The van der Waals surface area contributed by atoms with E-state index >= 15 is 0 Å². The van der Waals surface area contributed by atoms with E-state index in [1.165, 1.54) is 25.0 Å². The first-order valence-electron chi connectivity index (χ1n) is 8.33. The molecule has 0 saturated carbocycles. The smallest absolute Gasteiger partial charge is 0.290 e. The van der Waals surface area contributed by atoms with Crippen molar-refractivity contribution in [3.63, 3.8) is 0 Å². The van der Waals surface area contributed by atoms with Crippen LogP contribution in [0.5, 0.6) is 0 Å². The predicted octanol–water partition coefficient (Wildman–Crippen LogP) is 1.93. The van der Waals surface area contributed by atoms with Crippen LogP contribution in [-0.4, -0.2) is 51.8 Å². The lowest BCUT2D eigenvalue weighted by molar-refractivity contribution is 0.0941. The normalized spacial score (nSPS) is 14.9. The second-order valence-electron chi connectivity index (χ2n) is 6.03. The summed E-state index contributed by atoms with van der Waals surface area (Å²) in [5.41, 5.74) is 0.675. The van der Waals surface area contributed by atoms with Gasteiger partial charge in [0.25, 0.3) is 5.91 Å². The summed E-state index contributed by atoms with van der Waals surface area (Å²) in [4.78, 5) is 18.8. The van der Waals surface area contributed by atoms with E-state index in [-0.39, 0.29) is 17.5 Å². The molecule has 0 aliphatic carbocycles. The third kappa shape index (κ3) is 3.97. The van der Waals surface area contributed by atoms with Crippen LogP contribution in [0.15, 0.2) is 24.3 Å². The van der Waals surface area contributed by atoms with E-state index in [9.17, 15) is 9.18 Å². The minimum atomic E-state index is -0.313. The van der Waals surface area contributed by atoms with Crippen molar-refractivity contribution < 1.29 is 9.18 Å². The molecule has 0 unspecified atom stereocenters. The highest BCUT2D eigenvalue weighted by Gasteiger charge is 2.15. The number of carbonyl (C=O) groups excluding carboxylic acids is 1. The minimum absolute atomic E-state index is 0.137. The Kier molecular flexibility index (Phi) is 5.20. The van der Waals surface area contributed by atoms with E-state index in [4.69, 9.17) is 0 Å². The van der Waals surface area contributed by atoms with Crippen molar-refractivity contribution in [1.82, 2.24) is 25.0 Å². The number of aryl methyl sites for hydroxylation is 1. The first kappa shape index (κ1) is 16.6. The Labute approximate surface area is 140 Å². The number of nitrogens with one attached hydrogen (secondary N) is 1. The van der Waals surface area contributed by atoms with E-state index in [0.29, 0.717) is 18.1 Å². The Bertz CT molecular complexity index is 692. The molecule has 1 N–H and O–H groups in total. The van der Waals surface area contributed by atoms with Gasteiger partial charge in [-0.05, 0) is 70.1 Å². The van der Waals surface area contributed by atoms with Gasteiger partial charge < -0.3 is 10.2 Å². The molecule has 7 heteroatoms. The first-order valence-corrected chi connectivity index (χ1v) is 8.33. The monoisotopic (exact) mass is 331 g/mol. The maximum Gasteiger partial charge on any atom is 0.290 e. The first-order chi connectivity index (χ1) is 11.6. The largest absolute Gasteiger partial charge is 0.349 e. The van der Waals surface area contributed by atoms with Crippen molar-refractivity contribution in [1.29, 1.82) is 0 Å². The molecule has 2 aromatic rings. The Morgan fingerprint density at radius 2 is 1.96 bits per heavy atom. The van der Waals surface area contributed by atoms with Gasteiger partial charge in [0.1, 0.15) is 11.6 Å². The van der Waals surface area contributed by atoms with Gasteiger partial charge in [0.2, 0.25) is 5.82 Å². The number of likely N-dealkylation sites (tertiary alicyclic amines) is 1. The van der Waals surface area contributed by atoms with Crippen molar-refractivity contribution >= 4 is 5.91 Å². The average molecular weight is 331 g/mol. The zero-order valence-electron chi connectivity index (χ0n) is 13.8. The van der Waals surface area contributed by atoms with Crippen LogP contribution in [0.2, 0.25) is 0 Å². The van der Waals surface area contributed by atoms with E-state index in [2.05, 4.69) is 20.3 Å². The van der Waals surface area contributed by atoms with Crippen molar-refractivity contribution in [2.75, 3.05) is 26.2 Å². The fraction of sp³-hybridized carbons (Fsp3) is 0.471. The molecule has 1 saturated heterocycles. The lowest BCUT2D eigenvalue weighted by Gasteiger charge is -2.13. The van der Waals surface area contributed by atoms with Crippen LogP contribution < -0.4 is 5.32 Å². The summed E-state index contributed by atoms with van der Waals surface area (Å²) in [6.07, 6.45) is 3.47. The summed E-state index contributed by atoms with van der Waals surface area (Å²) >= 11 is 0. The number of hydrogen-bond acceptors (Lipinski definition) is 4. The summed E-state index contributed by atoms with van der Waals surface area (Å²) in [7, 11) is 0. The van der Waals surface area contributed by atoms with Crippen LogP contribution in [0, 0.1) is 12.7 Å². The molecule has 0 spiro atoms. The molecule has 1 aromatic heterocycles. The zero-order chi connectivity index (χ0) is 16.9. The molecule has 3 rings (SSSR count). The molecule has 24 heavy (non-hydrogen) atoms. The number of halogens is 1. The molecule has 1 fully saturated rings. The van der Waals surface area contributed by atoms with E-state index in [0.717, 1.165) is 26.1 Å². The van der Waals surface area contributed by atoms with Gasteiger partial charge in [0.15, 0.2) is 0 Å². The van der Waals surface area contributed by atoms with Crippen LogP contribution in [0.25, 0.3) is 5.69 Å². The van der Waals surface area contributed by atoms with Crippen LogP contribution in [0.3, 0.4) is 0 Å². The Hall–Kier alpha value is -2.28. The van der Waals surface area contributed by atoms with Gasteiger partial charge >= 0.3 is 0 Å². The molecule has 1 aliphatic rings. The van der Waals surface area contributed by atoms with Gasteiger partial charge in [-0.25, -0.2) is 14.1 Å². The minimum Gasteiger partial charge on any atom is -0.349 e. The predicted molar refractivity (Wildman–Crippen MR) is 88.7 cm³/mol. The molecule has 6 nitrogen and oxygen atoms in total. The number of aromatic nitrogens is 3. The summed E-state index contributed by atoms with van der Waals surface area (Å²) in [6.45, 7) is 5.71. The zero-order valence-corrected chi connectivity index (χ0v) is 13.8. The number of benzene rings is 1. The van der Waals surface area contributed by atoms with E-state index < -0.39 is 0 Å². The summed E-state index contributed by atoms with van der Waals surface area (Å²) < 4.78 is 14.5. The summed E-state index contributed by atoms with van der Waals surface area (Å²) in [5.74, 6) is 0.134. The van der Waals surface area contributed by atoms with E-state index in [1.54, 1.807) is 23.7 Å². The quantitative estimate of drug-likeness (QED) is 0.822. The van der Waals surface area contributed by atoms with Crippen LogP contribution in [0.4, 0.5) is 4.39 Å². The van der Waals surface area contributed by atoms with Crippen molar-refractivity contribution in [3.05, 3.63) is 41.7 Å². The number of rotatable bonds is 6. The third-order valence-electron chi connectivity index (χ3n) is 4.18. The Morgan fingerprint density at radius 3 is 2.67 bits per heavy atom. The lowest BCUT2D eigenvalue weighted by atomic mass is 10.3. The van der Waals surface area contributed by atoms with Crippen LogP contribution >= 0.6 is 0 Å². The topological polar surface area (TPSA) is 63.1 Å². The highest BCUT2D eigenvalue weighted by atomic mass is 19.1. The molecule has 1 aliphatic heterocycles. The molecule has 128 valence electrons. The second kappa shape index (κ2) is 7.53. The average Bonchev–Trinajstić information content (AvgIpc) is 3.22. The van der Waals surface area contributed by atoms with E-state index in [1.807, 2.05) is 0 Å². The van der Waals surface area contributed by atoms with Gasteiger partial charge in [-0.1, -0.05) is 0 Å². The summed E-state index contributed by atoms with van der Waals surface area (Å²) in [6, 6.07) is 5.92.